The Balaban J connectivity index is 1.74. The van der Waals surface area contributed by atoms with Crippen molar-refractivity contribution in [2.45, 2.75) is 6.92 Å². The third-order valence-electron chi connectivity index (χ3n) is 5.62. The third-order valence-corrected chi connectivity index (χ3v) is 6.24. The highest BCUT2D eigenvalue weighted by molar-refractivity contribution is 6.40. The second kappa shape index (κ2) is 7.65. The largest absolute Gasteiger partial charge is 0.296 e. The van der Waals surface area contributed by atoms with Gasteiger partial charge in [0.15, 0.2) is 5.82 Å². The average Bonchev–Trinajstić information content (AvgIpc) is 3.49. The van der Waals surface area contributed by atoms with Crippen LogP contribution in [0, 0.1) is 6.92 Å². The van der Waals surface area contributed by atoms with Gasteiger partial charge in [0.2, 0.25) is 0 Å². The van der Waals surface area contributed by atoms with Gasteiger partial charge in [-0.1, -0.05) is 23.2 Å². The summed E-state index contributed by atoms with van der Waals surface area (Å²) in [5.41, 5.74) is 6.06. The minimum atomic E-state index is 0.540. The molecule has 33 heavy (non-hydrogen) atoms. The number of aryl methyl sites for hydroxylation is 1. The Hall–Kier alpha value is -3.81. The number of aromatic nitrogens is 7. The van der Waals surface area contributed by atoms with Gasteiger partial charge < -0.3 is 0 Å². The summed E-state index contributed by atoms with van der Waals surface area (Å²) in [5, 5.41) is 8.88. The van der Waals surface area contributed by atoms with Crippen molar-refractivity contribution >= 4 is 45.1 Å². The Bertz CT molecular complexity index is 1640. The molecule has 1 N–H and O–H groups in total. The lowest BCUT2D eigenvalue weighted by Crippen LogP contribution is -2.00. The predicted molar refractivity (Wildman–Crippen MR) is 130 cm³/mol. The van der Waals surface area contributed by atoms with Crippen molar-refractivity contribution in [1.29, 1.82) is 0 Å². The van der Waals surface area contributed by atoms with E-state index in [-0.39, 0.29) is 0 Å². The van der Waals surface area contributed by atoms with Crippen LogP contribution in [0.5, 0.6) is 0 Å². The molecule has 0 bridgehead atoms. The fourth-order valence-electron chi connectivity index (χ4n) is 4.19. The fraction of sp³-hybridized carbons (Fsp3) is 0.0417. The van der Waals surface area contributed by atoms with E-state index in [1.807, 2.05) is 25.1 Å². The van der Waals surface area contributed by atoms with Gasteiger partial charge in [-0.25, -0.2) is 9.97 Å². The van der Waals surface area contributed by atoms with E-state index in [0.717, 1.165) is 44.6 Å². The molecule has 0 aliphatic rings. The predicted octanol–water partition coefficient (Wildman–Crippen LogP) is 6.04. The van der Waals surface area contributed by atoms with E-state index in [1.54, 1.807) is 30.7 Å². The lowest BCUT2D eigenvalue weighted by molar-refractivity contribution is 1.01. The van der Waals surface area contributed by atoms with Gasteiger partial charge in [0, 0.05) is 29.5 Å². The Kier molecular flexibility index (Phi) is 4.60. The number of hydrogen-bond donors (Lipinski definition) is 1. The molecule has 6 rings (SSSR count). The molecule has 0 fully saturated rings. The van der Waals surface area contributed by atoms with Gasteiger partial charge >= 0.3 is 0 Å². The standard InChI is InChI=1S/C24H15Cl2N7/c1-13-31-22-16(24-29-12-30-32-24)10-15(14-4-7-27-8-5-14)11-20(22)33(13)19-6-9-28-23-18(26)3-2-17(25)21(19)23/h2-12H,1H3,(H,29,30,32). The van der Waals surface area contributed by atoms with Gasteiger partial charge in [-0.2, -0.15) is 5.10 Å². The first-order chi connectivity index (χ1) is 16.1. The van der Waals surface area contributed by atoms with Gasteiger partial charge in [0.25, 0.3) is 0 Å². The first kappa shape index (κ1) is 19.8. The highest BCUT2D eigenvalue weighted by atomic mass is 35.5. The molecule has 4 heterocycles. The molecule has 6 aromatic rings. The molecule has 0 aliphatic carbocycles. The molecule has 0 amide bonds. The van der Waals surface area contributed by atoms with Crippen LogP contribution < -0.4 is 0 Å². The van der Waals surface area contributed by atoms with Crippen LogP contribution >= 0.6 is 23.2 Å². The summed E-state index contributed by atoms with van der Waals surface area (Å²) in [6.07, 6.45) is 6.76. The van der Waals surface area contributed by atoms with Crippen molar-refractivity contribution in [3.05, 3.63) is 83.3 Å². The number of nitrogens with zero attached hydrogens (tertiary/aromatic N) is 6. The van der Waals surface area contributed by atoms with Gasteiger partial charge in [-0.15, -0.1) is 0 Å². The summed E-state index contributed by atoms with van der Waals surface area (Å²) in [7, 11) is 0. The SMILES string of the molecule is Cc1nc2c(-c3ncn[nH]3)cc(-c3ccncc3)cc2n1-c1ccnc2c(Cl)ccc(Cl)c12. The molecule has 7 nitrogen and oxygen atoms in total. The van der Waals surface area contributed by atoms with E-state index in [2.05, 4.69) is 41.8 Å². The molecule has 0 saturated heterocycles. The highest BCUT2D eigenvalue weighted by Crippen LogP contribution is 2.38. The summed E-state index contributed by atoms with van der Waals surface area (Å²) in [4.78, 5) is 17.9. The van der Waals surface area contributed by atoms with E-state index < -0.39 is 0 Å². The number of hydrogen-bond acceptors (Lipinski definition) is 5. The number of imidazole rings is 1. The molecule has 9 heteroatoms. The summed E-state index contributed by atoms with van der Waals surface area (Å²) < 4.78 is 2.08. The maximum atomic E-state index is 6.63. The Morgan fingerprint density at radius 2 is 1.67 bits per heavy atom. The Morgan fingerprint density at radius 1 is 0.848 bits per heavy atom. The quantitative estimate of drug-likeness (QED) is 0.340. The fourth-order valence-corrected chi connectivity index (χ4v) is 4.64. The van der Waals surface area contributed by atoms with E-state index in [9.17, 15) is 0 Å². The van der Waals surface area contributed by atoms with Crippen LogP contribution in [0.3, 0.4) is 0 Å². The molecule has 160 valence electrons. The van der Waals surface area contributed by atoms with Crippen LogP contribution in [0.1, 0.15) is 5.82 Å². The molecule has 0 spiro atoms. The summed E-state index contributed by atoms with van der Waals surface area (Å²) >= 11 is 13.1. The zero-order chi connectivity index (χ0) is 22.5. The molecule has 0 unspecified atom stereocenters. The molecule has 2 aromatic carbocycles. The van der Waals surface area contributed by atoms with Gasteiger partial charge in [0.05, 0.1) is 26.8 Å². The number of benzene rings is 2. The van der Waals surface area contributed by atoms with Crippen LogP contribution in [0.2, 0.25) is 10.0 Å². The molecule has 0 aliphatic heterocycles. The molecule has 4 aromatic heterocycles. The van der Waals surface area contributed by atoms with Crippen LogP contribution in [0.25, 0.3) is 50.1 Å². The van der Waals surface area contributed by atoms with Crippen LogP contribution in [0.15, 0.2) is 67.4 Å². The lowest BCUT2D eigenvalue weighted by Gasteiger charge is -2.13. The van der Waals surface area contributed by atoms with Crippen molar-refractivity contribution in [2.75, 3.05) is 0 Å². The maximum absolute atomic E-state index is 6.63. The van der Waals surface area contributed by atoms with Crippen molar-refractivity contribution in [3.63, 3.8) is 0 Å². The van der Waals surface area contributed by atoms with Crippen LogP contribution in [0.4, 0.5) is 0 Å². The zero-order valence-corrected chi connectivity index (χ0v) is 18.8. The highest BCUT2D eigenvalue weighted by Gasteiger charge is 2.20. The number of fused-ring (bicyclic) bond motifs is 2. The molecular weight excluding hydrogens is 457 g/mol. The number of aromatic amines is 1. The molecule has 0 atom stereocenters. The normalized spacial score (nSPS) is 11.5. The minimum absolute atomic E-state index is 0.540. The minimum Gasteiger partial charge on any atom is -0.296 e. The summed E-state index contributed by atoms with van der Waals surface area (Å²) in [6.45, 7) is 1.96. The number of H-pyrrole nitrogens is 1. The van der Waals surface area contributed by atoms with Crippen molar-refractivity contribution in [2.24, 2.45) is 0 Å². The monoisotopic (exact) mass is 471 g/mol. The van der Waals surface area contributed by atoms with E-state index >= 15 is 0 Å². The first-order valence-electron chi connectivity index (χ1n) is 10.1. The number of nitrogens with one attached hydrogen (secondary N) is 1. The average molecular weight is 472 g/mol. The topological polar surface area (TPSA) is 85.2 Å². The molecule has 0 radical (unpaired) electrons. The van der Waals surface area contributed by atoms with Crippen LogP contribution in [-0.4, -0.2) is 34.7 Å². The first-order valence-corrected chi connectivity index (χ1v) is 10.9. The van der Waals surface area contributed by atoms with Crippen molar-refractivity contribution < 1.29 is 0 Å². The van der Waals surface area contributed by atoms with E-state index in [4.69, 9.17) is 28.2 Å². The van der Waals surface area contributed by atoms with Gasteiger partial charge in [-0.3, -0.25) is 19.6 Å². The number of halogens is 2. The molecular formula is C24H15Cl2N7. The zero-order valence-electron chi connectivity index (χ0n) is 17.3. The number of rotatable bonds is 3. The maximum Gasteiger partial charge on any atom is 0.157 e. The summed E-state index contributed by atoms with van der Waals surface area (Å²) in [5.74, 6) is 1.43. The van der Waals surface area contributed by atoms with Crippen LogP contribution in [-0.2, 0) is 0 Å². The Morgan fingerprint density at radius 3 is 2.45 bits per heavy atom. The van der Waals surface area contributed by atoms with Crippen molar-refractivity contribution in [1.82, 2.24) is 34.7 Å². The number of pyridine rings is 2. The second-order valence-corrected chi connectivity index (χ2v) is 8.35. The molecule has 0 saturated carbocycles. The summed E-state index contributed by atoms with van der Waals surface area (Å²) in [6, 6.07) is 13.6. The van der Waals surface area contributed by atoms with Gasteiger partial charge in [0.1, 0.15) is 17.7 Å². The Labute approximate surface area is 198 Å². The third kappa shape index (κ3) is 3.16. The van der Waals surface area contributed by atoms with Gasteiger partial charge in [-0.05, 0) is 60.5 Å². The van der Waals surface area contributed by atoms with E-state index in [1.165, 1.54) is 6.33 Å². The van der Waals surface area contributed by atoms with E-state index in [0.29, 0.717) is 21.4 Å². The second-order valence-electron chi connectivity index (χ2n) is 7.54. The lowest BCUT2D eigenvalue weighted by atomic mass is 10.0. The smallest absolute Gasteiger partial charge is 0.157 e. The van der Waals surface area contributed by atoms with Crippen molar-refractivity contribution in [3.8, 4) is 28.2 Å².